The van der Waals surface area contributed by atoms with Crippen molar-refractivity contribution >= 4 is 5.82 Å². The van der Waals surface area contributed by atoms with E-state index in [2.05, 4.69) is 15.6 Å². The van der Waals surface area contributed by atoms with Crippen LogP contribution < -0.4 is 17.0 Å². The van der Waals surface area contributed by atoms with Crippen molar-refractivity contribution in [3.8, 4) is 0 Å². The predicted molar refractivity (Wildman–Crippen MR) is 50.9 cm³/mol. The number of nitrogens with zero attached hydrogens (tertiary/aromatic N) is 1. The average Bonchev–Trinajstić information content (AvgIpc) is 2.80. The zero-order valence-electron chi connectivity index (χ0n) is 7.40. The van der Waals surface area contributed by atoms with Crippen molar-refractivity contribution in [1.29, 1.82) is 0 Å². The van der Waals surface area contributed by atoms with Crippen LogP contribution in [-0.4, -0.2) is 10.2 Å². The predicted octanol–water partition coefficient (Wildman–Crippen LogP) is 0.138. The number of nitrogens with one attached hydrogen (secondary N) is 2. The lowest BCUT2D eigenvalue weighted by Gasteiger charge is -2.12. The van der Waals surface area contributed by atoms with Crippen LogP contribution in [0.15, 0.2) is 29.2 Å². The number of anilines is 1. The van der Waals surface area contributed by atoms with Crippen LogP contribution in [0.5, 0.6) is 0 Å². The standard InChI is InChI=1S/C8H11N5O/c9-8-6(3-11-13-8)7(12-10)5-1-2-14-4-5/h1-4,7,12H,10H2,(H3,9,11,13). The van der Waals surface area contributed by atoms with Gasteiger partial charge in [-0.25, -0.2) is 5.43 Å². The molecule has 2 heterocycles. The van der Waals surface area contributed by atoms with Gasteiger partial charge in [-0.15, -0.1) is 0 Å². The van der Waals surface area contributed by atoms with Gasteiger partial charge in [0.05, 0.1) is 24.8 Å². The van der Waals surface area contributed by atoms with Crippen molar-refractivity contribution in [1.82, 2.24) is 15.6 Å². The molecule has 0 saturated carbocycles. The summed E-state index contributed by atoms with van der Waals surface area (Å²) in [6.07, 6.45) is 4.82. The van der Waals surface area contributed by atoms with Crippen LogP contribution in [0.25, 0.3) is 0 Å². The van der Waals surface area contributed by atoms with Crippen LogP contribution in [0.3, 0.4) is 0 Å². The molecular formula is C8H11N5O. The molecule has 0 bridgehead atoms. The Bertz CT molecular complexity index is 394. The first-order valence-electron chi connectivity index (χ1n) is 4.10. The highest BCUT2D eigenvalue weighted by molar-refractivity contribution is 5.43. The van der Waals surface area contributed by atoms with E-state index in [1.165, 1.54) is 0 Å². The second kappa shape index (κ2) is 3.52. The zero-order valence-corrected chi connectivity index (χ0v) is 7.40. The monoisotopic (exact) mass is 193 g/mol. The summed E-state index contributed by atoms with van der Waals surface area (Å²) in [5.74, 6) is 5.93. The minimum atomic E-state index is -0.201. The van der Waals surface area contributed by atoms with Crippen LogP contribution in [0, 0.1) is 0 Å². The zero-order chi connectivity index (χ0) is 9.97. The Morgan fingerprint density at radius 3 is 2.93 bits per heavy atom. The molecule has 6 heteroatoms. The summed E-state index contributed by atoms with van der Waals surface area (Å²) in [7, 11) is 0. The molecule has 0 radical (unpaired) electrons. The van der Waals surface area contributed by atoms with Gasteiger partial charge in [0.15, 0.2) is 0 Å². The molecule has 0 aliphatic rings. The Balaban J connectivity index is 2.36. The lowest BCUT2D eigenvalue weighted by Crippen LogP contribution is -2.28. The van der Waals surface area contributed by atoms with E-state index in [4.69, 9.17) is 16.0 Å². The van der Waals surface area contributed by atoms with Gasteiger partial charge in [0, 0.05) is 11.1 Å². The Hall–Kier alpha value is -1.79. The van der Waals surface area contributed by atoms with E-state index < -0.39 is 0 Å². The van der Waals surface area contributed by atoms with Crippen LogP contribution >= 0.6 is 0 Å². The summed E-state index contributed by atoms with van der Waals surface area (Å²) >= 11 is 0. The van der Waals surface area contributed by atoms with E-state index in [9.17, 15) is 0 Å². The summed E-state index contributed by atoms with van der Waals surface area (Å²) in [5, 5.41) is 6.47. The average molecular weight is 193 g/mol. The van der Waals surface area contributed by atoms with Gasteiger partial charge in [0.1, 0.15) is 5.82 Å². The minimum absolute atomic E-state index is 0.201. The number of hydrogen-bond acceptors (Lipinski definition) is 5. The fourth-order valence-corrected chi connectivity index (χ4v) is 1.34. The van der Waals surface area contributed by atoms with E-state index in [-0.39, 0.29) is 6.04 Å². The normalized spacial score (nSPS) is 12.9. The SMILES string of the molecule is NNC(c1ccoc1)c1cn[nH]c1N. The highest BCUT2D eigenvalue weighted by atomic mass is 16.3. The van der Waals surface area contributed by atoms with E-state index >= 15 is 0 Å². The van der Waals surface area contributed by atoms with Gasteiger partial charge in [-0.2, -0.15) is 5.10 Å². The molecule has 2 rings (SSSR count). The Kier molecular flexibility index (Phi) is 2.21. The Morgan fingerprint density at radius 2 is 2.43 bits per heavy atom. The van der Waals surface area contributed by atoms with Crippen LogP contribution in [0.1, 0.15) is 17.2 Å². The molecule has 0 amide bonds. The smallest absolute Gasteiger partial charge is 0.124 e. The first-order chi connectivity index (χ1) is 6.83. The van der Waals surface area contributed by atoms with Gasteiger partial charge in [0.2, 0.25) is 0 Å². The molecule has 1 atom stereocenters. The maximum absolute atomic E-state index is 5.68. The van der Waals surface area contributed by atoms with Gasteiger partial charge < -0.3 is 10.2 Å². The quantitative estimate of drug-likeness (QED) is 0.409. The molecule has 2 aromatic rings. The fraction of sp³-hybridized carbons (Fsp3) is 0.125. The number of nitrogen functional groups attached to an aromatic ring is 1. The van der Waals surface area contributed by atoms with Crippen molar-refractivity contribution in [2.45, 2.75) is 6.04 Å². The van der Waals surface area contributed by atoms with Crippen LogP contribution in [-0.2, 0) is 0 Å². The lowest BCUT2D eigenvalue weighted by atomic mass is 10.1. The van der Waals surface area contributed by atoms with E-state index in [1.54, 1.807) is 18.7 Å². The first kappa shape index (κ1) is 8.79. The molecular weight excluding hydrogens is 182 g/mol. The van der Waals surface area contributed by atoms with Gasteiger partial charge in [0.25, 0.3) is 0 Å². The van der Waals surface area contributed by atoms with Crippen molar-refractivity contribution in [3.63, 3.8) is 0 Å². The molecule has 74 valence electrons. The number of H-pyrrole nitrogens is 1. The molecule has 1 unspecified atom stereocenters. The van der Waals surface area contributed by atoms with Gasteiger partial charge in [-0.05, 0) is 6.07 Å². The number of hydrazine groups is 1. The number of rotatable bonds is 3. The first-order valence-corrected chi connectivity index (χ1v) is 4.10. The van der Waals surface area contributed by atoms with Crippen LogP contribution in [0.2, 0.25) is 0 Å². The molecule has 0 saturated heterocycles. The maximum atomic E-state index is 5.68. The molecule has 14 heavy (non-hydrogen) atoms. The van der Waals surface area contributed by atoms with Gasteiger partial charge >= 0.3 is 0 Å². The molecule has 6 N–H and O–H groups in total. The molecule has 2 aromatic heterocycles. The van der Waals surface area contributed by atoms with Gasteiger partial charge in [-0.3, -0.25) is 10.9 Å². The molecule has 0 fully saturated rings. The Labute approximate surface area is 80.2 Å². The summed E-state index contributed by atoms with van der Waals surface area (Å²) < 4.78 is 4.97. The summed E-state index contributed by atoms with van der Waals surface area (Å²) in [4.78, 5) is 0. The number of aromatic nitrogens is 2. The molecule has 6 nitrogen and oxygen atoms in total. The third kappa shape index (κ3) is 1.36. The van der Waals surface area contributed by atoms with E-state index in [0.717, 1.165) is 11.1 Å². The molecule has 0 aromatic carbocycles. The van der Waals surface area contributed by atoms with Gasteiger partial charge in [-0.1, -0.05) is 0 Å². The second-order valence-corrected chi connectivity index (χ2v) is 2.90. The summed E-state index contributed by atoms with van der Waals surface area (Å²) in [6.45, 7) is 0. The van der Waals surface area contributed by atoms with E-state index in [1.807, 2.05) is 6.07 Å². The molecule has 0 aliphatic carbocycles. The highest BCUT2D eigenvalue weighted by Crippen LogP contribution is 2.24. The molecule has 0 aliphatic heterocycles. The van der Waals surface area contributed by atoms with Crippen molar-refractivity contribution in [2.75, 3.05) is 5.73 Å². The summed E-state index contributed by atoms with van der Waals surface area (Å²) in [5.41, 5.74) is 10.0. The van der Waals surface area contributed by atoms with Crippen molar-refractivity contribution < 1.29 is 4.42 Å². The summed E-state index contributed by atoms with van der Waals surface area (Å²) in [6, 6.07) is 1.62. The minimum Gasteiger partial charge on any atom is -0.472 e. The second-order valence-electron chi connectivity index (χ2n) is 2.90. The van der Waals surface area contributed by atoms with Crippen molar-refractivity contribution in [2.24, 2.45) is 5.84 Å². The fourth-order valence-electron chi connectivity index (χ4n) is 1.34. The third-order valence-corrected chi connectivity index (χ3v) is 2.05. The highest BCUT2D eigenvalue weighted by Gasteiger charge is 2.17. The lowest BCUT2D eigenvalue weighted by molar-refractivity contribution is 0.553. The maximum Gasteiger partial charge on any atom is 0.124 e. The largest absolute Gasteiger partial charge is 0.472 e. The van der Waals surface area contributed by atoms with E-state index in [0.29, 0.717) is 5.82 Å². The van der Waals surface area contributed by atoms with Crippen molar-refractivity contribution in [3.05, 3.63) is 35.9 Å². The number of hydrogen-bond donors (Lipinski definition) is 4. The molecule has 0 spiro atoms. The number of aromatic amines is 1. The Morgan fingerprint density at radius 1 is 1.57 bits per heavy atom. The number of furan rings is 1. The topological polar surface area (TPSA) is 106 Å². The third-order valence-electron chi connectivity index (χ3n) is 2.05. The van der Waals surface area contributed by atoms with Crippen LogP contribution in [0.4, 0.5) is 5.82 Å². The number of nitrogens with two attached hydrogens (primary N) is 2.